The second-order valence-electron chi connectivity index (χ2n) is 5.55. The van der Waals surface area contributed by atoms with Crippen molar-refractivity contribution in [1.82, 2.24) is 4.98 Å². The van der Waals surface area contributed by atoms with E-state index in [9.17, 15) is 9.59 Å². The number of fused-ring (bicyclic) bond motifs is 1. The number of benzene rings is 2. The first-order valence-electron chi connectivity index (χ1n) is 8.22. The Balaban J connectivity index is 1.98. The zero-order valence-electron chi connectivity index (χ0n) is 14.6. The van der Waals surface area contributed by atoms with E-state index in [1.54, 1.807) is 19.1 Å². The van der Waals surface area contributed by atoms with E-state index in [0.717, 1.165) is 5.56 Å². The van der Waals surface area contributed by atoms with E-state index in [1.807, 2.05) is 30.3 Å². The number of aromatic amines is 1. The zero-order chi connectivity index (χ0) is 18.5. The summed E-state index contributed by atoms with van der Waals surface area (Å²) in [7, 11) is 1.50. The lowest BCUT2D eigenvalue weighted by Crippen LogP contribution is -2.18. The molecular weight excluding hydrogens is 334 g/mol. The minimum atomic E-state index is -0.654. The Bertz CT molecular complexity index is 979. The van der Waals surface area contributed by atoms with Crippen molar-refractivity contribution < 1.29 is 19.0 Å². The number of carbonyl (C=O) groups is 1. The van der Waals surface area contributed by atoms with Crippen LogP contribution >= 0.6 is 0 Å². The molecule has 6 heteroatoms. The number of hydrogen-bond acceptors (Lipinski definition) is 5. The highest BCUT2D eigenvalue weighted by Crippen LogP contribution is 2.33. The average Bonchev–Trinajstić information content (AvgIpc) is 2.67. The molecule has 0 radical (unpaired) electrons. The minimum absolute atomic E-state index is 0.0423. The standard InChI is InChI=1S/C20H19NO5/c1-3-25-20(23)15-11-21-17-14(18(15)22)9-10-16(19(17)24-2)26-12-13-7-5-4-6-8-13/h4-11H,3,12H2,1-2H3,(H,21,22). The van der Waals surface area contributed by atoms with E-state index >= 15 is 0 Å². The van der Waals surface area contributed by atoms with Gasteiger partial charge in [0.15, 0.2) is 11.5 Å². The summed E-state index contributed by atoms with van der Waals surface area (Å²) in [5.74, 6) is 0.258. The lowest BCUT2D eigenvalue weighted by molar-refractivity contribution is 0.0524. The molecule has 134 valence electrons. The summed E-state index contributed by atoms with van der Waals surface area (Å²) in [6, 6.07) is 13.0. The number of hydrogen-bond donors (Lipinski definition) is 1. The first kappa shape index (κ1) is 17.5. The average molecular weight is 353 g/mol. The summed E-state index contributed by atoms with van der Waals surface area (Å²) in [5.41, 5.74) is 1.03. The molecule has 0 bridgehead atoms. The van der Waals surface area contributed by atoms with Gasteiger partial charge in [-0.25, -0.2) is 4.79 Å². The fourth-order valence-electron chi connectivity index (χ4n) is 2.66. The van der Waals surface area contributed by atoms with Gasteiger partial charge in [0.1, 0.15) is 12.2 Å². The van der Waals surface area contributed by atoms with E-state index in [1.165, 1.54) is 13.3 Å². The highest BCUT2D eigenvalue weighted by Gasteiger charge is 2.18. The van der Waals surface area contributed by atoms with Crippen molar-refractivity contribution in [2.24, 2.45) is 0 Å². The Hall–Kier alpha value is -3.28. The van der Waals surface area contributed by atoms with Crippen molar-refractivity contribution in [3.8, 4) is 11.5 Å². The number of H-pyrrole nitrogens is 1. The van der Waals surface area contributed by atoms with Gasteiger partial charge in [-0.3, -0.25) is 4.79 Å². The molecule has 1 N–H and O–H groups in total. The number of nitrogens with one attached hydrogen (secondary N) is 1. The maximum atomic E-state index is 12.6. The molecule has 1 aromatic heterocycles. The van der Waals surface area contributed by atoms with E-state index in [4.69, 9.17) is 14.2 Å². The summed E-state index contributed by atoms with van der Waals surface area (Å²) in [6.45, 7) is 2.26. The molecule has 0 saturated carbocycles. The van der Waals surface area contributed by atoms with Crippen LogP contribution in [0.4, 0.5) is 0 Å². The van der Waals surface area contributed by atoms with Gasteiger partial charge in [-0.15, -0.1) is 0 Å². The van der Waals surface area contributed by atoms with E-state index in [0.29, 0.717) is 29.0 Å². The quantitative estimate of drug-likeness (QED) is 0.688. The van der Waals surface area contributed by atoms with E-state index in [2.05, 4.69) is 4.98 Å². The molecule has 0 aliphatic heterocycles. The molecule has 0 amide bonds. The Kier molecular flexibility index (Phi) is 5.22. The predicted octanol–water partition coefficient (Wildman–Crippen LogP) is 3.29. The smallest absolute Gasteiger partial charge is 0.343 e. The van der Waals surface area contributed by atoms with Crippen LogP contribution in [0.5, 0.6) is 11.5 Å². The van der Waals surface area contributed by atoms with Crippen molar-refractivity contribution in [2.45, 2.75) is 13.5 Å². The maximum Gasteiger partial charge on any atom is 0.343 e. The van der Waals surface area contributed by atoms with Crippen molar-refractivity contribution in [1.29, 1.82) is 0 Å². The van der Waals surface area contributed by atoms with Gasteiger partial charge in [0, 0.05) is 6.20 Å². The van der Waals surface area contributed by atoms with Crippen LogP contribution in [0.3, 0.4) is 0 Å². The van der Waals surface area contributed by atoms with E-state index < -0.39 is 11.4 Å². The molecule has 0 aliphatic rings. The van der Waals surface area contributed by atoms with Crippen molar-refractivity contribution in [2.75, 3.05) is 13.7 Å². The van der Waals surface area contributed by atoms with Crippen molar-refractivity contribution in [3.63, 3.8) is 0 Å². The number of rotatable bonds is 6. The zero-order valence-corrected chi connectivity index (χ0v) is 14.6. The molecule has 0 spiro atoms. The predicted molar refractivity (Wildman–Crippen MR) is 97.9 cm³/mol. The Labute approximate surface area is 150 Å². The monoisotopic (exact) mass is 353 g/mol. The van der Waals surface area contributed by atoms with Crippen LogP contribution in [0.2, 0.25) is 0 Å². The van der Waals surface area contributed by atoms with Gasteiger partial charge in [-0.05, 0) is 24.6 Å². The fraction of sp³-hybridized carbons (Fsp3) is 0.200. The van der Waals surface area contributed by atoms with Crippen LogP contribution in [0.15, 0.2) is 53.5 Å². The van der Waals surface area contributed by atoms with E-state index in [-0.39, 0.29) is 12.2 Å². The molecular formula is C20H19NO5. The first-order valence-corrected chi connectivity index (χ1v) is 8.22. The third-order valence-electron chi connectivity index (χ3n) is 3.91. The second-order valence-corrected chi connectivity index (χ2v) is 5.55. The Morgan fingerprint density at radius 3 is 2.58 bits per heavy atom. The summed E-state index contributed by atoms with van der Waals surface area (Å²) in [4.78, 5) is 27.4. The third-order valence-corrected chi connectivity index (χ3v) is 3.91. The van der Waals surface area contributed by atoms with Crippen LogP contribution in [0.1, 0.15) is 22.8 Å². The van der Waals surface area contributed by atoms with Gasteiger partial charge in [0.05, 0.1) is 24.6 Å². The van der Waals surface area contributed by atoms with Gasteiger partial charge in [-0.2, -0.15) is 0 Å². The molecule has 1 heterocycles. The maximum absolute atomic E-state index is 12.6. The number of esters is 1. The summed E-state index contributed by atoms with van der Waals surface area (Å²) >= 11 is 0. The van der Waals surface area contributed by atoms with Gasteiger partial charge in [0.25, 0.3) is 0 Å². The van der Waals surface area contributed by atoms with Crippen LogP contribution in [0, 0.1) is 0 Å². The largest absolute Gasteiger partial charge is 0.491 e. The fourth-order valence-corrected chi connectivity index (χ4v) is 2.66. The molecule has 3 aromatic rings. The SMILES string of the molecule is CCOC(=O)c1c[nH]c2c(OC)c(OCc3ccccc3)ccc2c1=O. The third kappa shape index (κ3) is 3.39. The highest BCUT2D eigenvalue weighted by atomic mass is 16.5. The van der Waals surface area contributed by atoms with Crippen LogP contribution in [-0.2, 0) is 11.3 Å². The normalized spacial score (nSPS) is 10.5. The minimum Gasteiger partial charge on any atom is -0.491 e. The number of methoxy groups -OCH3 is 1. The molecule has 0 fully saturated rings. The Morgan fingerprint density at radius 1 is 1.12 bits per heavy atom. The highest BCUT2D eigenvalue weighted by molar-refractivity contribution is 5.95. The van der Waals surface area contributed by atoms with Crippen molar-refractivity contribution in [3.05, 3.63) is 70.0 Å². The summed E-state index contributed by atoms with van der Waals surface area (Å²) < 4.78 is 16.2. The number of aromatic nitrogens is 1. The molecule has 0 saturated heterocycles. The molecule has 6 nitrogen and oxygen atoms in total. The van der Waals surface area contributed by atoms with Gasteiger partial charge >= 0.3 is 5.97 Å². The summed E-state index contributed by atoms with van der Waals surface area (Å²) in [6.07, 6.45) is 1.34. The molecule has 26 heavy (non-hydrogen) atoms. The second kappa shape index (κ2) is 7.74. The molecule has 2 aromatic carbocycles. The van der Waals surface area contributed by atoms with Crippen LogP contribution in [0.25, 0.3) is 10.9 Å². The van der Waals surface area contributed by atoms with Crippen LogP contribution < -0.4 is 14.9 Å². The molecule has 0 unspecified atom stereocenters. The number of pyridine rings is 1. The van der Waals surface area contributed by atoms with Gasteiger partial charge < -0.3 is 19.2 Å². The first-order chi connectivity index (χ1) is 12.7. The topological polar surface area (TPSA) is 77.6 Å². The summed E-state index contributed by atoms with van der Waals surface area (Å²) in [5, 5.41) is 0.333. The molecule has 0 aliphatic carbocycles. The Morgan fingerprint density at radius 2 is 1.88 bits per heavy atom. The lowest BCUT2D eigenvalue weighted by Gasteiger charge is -2.13. The number of carbonyl (C=O) groups excluding carboxylic acids is 1. The molecule has 3 rings (SSSR count). The van der Waals surface area contributed by atoms with Crippen molar-refractivity contribution >= 4 is 16.9 Å². The van der Waals surface area contributed by atoms with Gasteiger partial charge in [0.2, 0.25) is 5.43 Å². The lowest BCUT2D eigenvalue weighted by atomic mass is 10.1. The van der Waals surface area contributed by atoms with Gasteiger partial charge in [-0.1, -0.05) is 30.3 Å². The van der Waals surface area contributed by atoms with Crippen LogP contribution in [-0.4, -0.2) is 24.7 Å². The molecule has 0 atom stereocenters. The number of ether oxygens (including phenoxy) is 3.